The average molecular weight is 394 g/mol. The Morgan fingerprint density at radius 2 is 1.92 bits per heavy atom. The molecule has 0 spiro atoms. The molecule has 1 fully saturated rings. The summed E-state index contributed by atoms with van der Waals surface area (Å²) in [5.41, 5.74) is 0.00500. The second-order valence-electron chi connectivity index (χ2n) is 6.55. The van der Waals surface area contributed by atoms with Crippen LogP contribution in [0.1, 0.15) is 26.7 Å². The summed E-state index contributed by atoms with van der Waals surface area (Å²) in [4.78, 5) is 11.7. The van der Waals surface area contributed by atoms with Gasteiger partial charge in [0.2, 0.25) is 15.9 Å². The number of nitrogens with one attached hydrogen (secondary N) is 3. The highest BCUT2D eigenvalue weighted by molar-refractivity contribution is 7.89. The number of piperidine rings is 1. The van der Waals surface area contributed by atoms with Crippen molar-refractivity contribution in [2.45, 2.75) is 37.6 Å². The van der Waals surface area contributed by atoms with E-state index in [4.69, 9.17) is 0 Å². The first-order valence-electron chi connectivity index (χ1n) is 7.99. The highest BCUT2D eigenvalue weighted by atomic mass is 35.5. The van der Waals surface area contributed by atoms with Crippen molar-refractivity contribution in [2.24, 2.45) is 5.41 Å². The lowest BCUT2D eigenvalue weighted by Gasteiger charge is -2.34. The smallest absolute Gasteiger partial charge is 0.244 e. The molecule has 0 bridgehead atoms. The van der Waals surface area contributed by atoms with Gasteiger partial charge in [0.1, 0.15) is 10.7 Å². The van der Waals surface area contributed by atoms with Crippen LogP contribution in [0.25, 0.3) is 0 Å². The molecule has 1 aromatic rings. The highest BCUT2D eigenvalue weighted by Crippen LogP contribution is 2.26. The summed E-state index contributed by atoms with van der Waals surface area (Å²) in [6.07, 6.45) is 1.89. The normalized spacial score (nSPS) is 18.0. The Kier molecular flexibility index (Phi) is 7.80. The van der Waals surface area contributed by atoms with Crippen LogP contribution in [-0.4, -0.2) is 40.0 Å². The zero-order valence-electron chi connectivity index (χ0n) is 14.3. The molecular weight excluding hydrogens is 369 g/mol. The quantitative estimate of drug-likeness (QED) is 0.682. The van der Waals surface area contributed by atoms with Crippen molar-refractivity contribution in [3.05, 3.63) is 30.1 Å². The van der Waals surface area contributed by atoms with E-state index in [1.807, 2.05) is 0 Å². The van der Waals surface area contributed by atoms with Crippen molar-refractivity contribution < 1.29 is 17.6 Å². The van der Waals surface area contributed by atoms with Crippen LogP contribution >= 0.6 is 12.4 Å². The summed E-state index contributed by atoms with van der Waals surface area (Å²) in [6.45, 7) is 5.84. The lowest BCUT2D eigenvalue weighted by molar-refractivity contribution is -0.122. The Hall–Kier alpha value is -1.22. The van der Waals surface area contributed by atoms with E-state index in [9.17, 15) is 17.6 Å². The maximum atomic E-state index is 13.7. The van der Waals surface area contributed by atoms with Gasteiger partial charge in [0.25, 0.3) is 0 Å². The number of hydrogen-bond acceptors (Lipinski definition) is 4. The maximum absolute atomic E-state index is 13.7. The third-order valence-electron chi connectivity index (χ3n) is 4.35. The van der Waals surface area contributed by atoms with Crippen LogP contribution in [0.5, 0.6) is 0 Å². The fraction of sp³-hybridized carbons (Fsp3) is 0.562. The molecule has 1 amide bonds. The van der Waals surface area contributed by atoms with Gasteiger partial charge in [-0.3, -0.25) is 4.79 Å². The second kappa shape index (κ2) is 8.93. The SMILES string of the molecule is CC(NS(=O)(=O)c1ccccc1F)C(=O)NCC1(C)CCNCC1.Cl. The largest absolute Gasteiger partial charge is 0.354 e. The molecule has 1 saturated heterocycles. The van der Waals surface area contributed by atoms with Crippen molar-refractivity contribution in [1.82, 2.24) is 15.4 Å². The van der Waals surface area contributed by atoms with Crippen LogP contribution < -0.4 is 15.4 Å². The molecule has 0 saturated carbocycles. The first-order valence-corrected chi connectivity index (χ1v) is 9.47. The van der Waals surface area contributed by atoms with Crippen molar-refractivity contribution in [1.29, 1.82) is 0 Å². The average Bonchev–Trinajstić information content (AvgIpc) is 2.53. The van der Waals surface area contributed by atoms with Crippen LogP contribution in [0, 0.1) is 11.2 Å². The molecule has 9 heteroatoms. The molecular formula is C16H25ClFN3O3S. The lowest BCUT2D eigenvalue weighted by Crippen LogP contribution is -2.49. The summed E-state index contributed by atoms with van der Waals surface area (Å²) in [5.74, 6) is -1.27. The van der Waals surface area contributed by atoms with E-state index in [1.54, 1.807) is 0 Å². The third-order valence-corrected chi connectivity index (χ3v) is 5.93. The van der Waals surface area contributed by atoms with Crippen molar-refractivity contribution in [2.75, 3.05) is 19.6 Å². The predicted octanol–water partition coefficient (Wildman–Crippen LogP) is 1.42. The summed E-state index contributed by atoms with van der Waals surface area (Å²) < 4.78 is 40.3. The summed E-state index contributed by atoms with van der Waals surface area (Å²) in [5, 5.41) is 6.06. The molecule has 2 rings (SSSR count). The van der Waals surface area contributed by atoms with E-state index < -0.39 is 32.7 Å². The zero-order valence-corrected chi connectivity index (χ0v) is 16.0. The number of rotatable bonds is 6. The van der Waals surface area contributed by atoms with Gasteiger partial charge >= 0.3 is 0 Å². The number of amides is 1. The van der Waals surface area contributed by atoms with Gasteiger partial charge in [-0.05, 0) is 50.4 Å². The summed E-state index contributed by atoms with van der Waals surface area (Å²) in [7, 11) is -4.09. The van der Waals surface area contributed by atoms with Gasteiger partial charge in [0.05, 0.1) is 6.04 Å². The first kappa shape index (κ1) is 21.8. The predicted molar refractivity (Wildman–Crippen MR) is 96.7 cm³/mol. The van der Waals surface area contributed by atoms with E-state index in [0.29, 0.717) is 6.54 Å². The minimum absolute atomic E-state index is 0. The lowest BCUT2D eigenvalue weighted by atomic mass is 9.81. The molecule has 142 valence electrons. The number of halogens is 2. The third kappa shape index (κ3) is 5.91. The van der Waals surface area contributed by atoms with Crippen molar-refractivity contribution in [3.8, 4) is 0 Å². The van der Waals surface area contributed by atoms with Gasteiger partial charge in [0.15, 0.2) is 0 Å². The monoisotopic (exact) mass is 393 g/mol. The molecule has 6 nitrogen and oxygen atoms in total. The van der Waals surface area contributed by atoms with Crippen molar-refractivity contribution >= 4 is 28.3 Å². The Labute approximate surface area is 154 Å². The van der Waals surface area contributed by atoms with Gasteiger partial charge in [-0.25, -0.2) is 12.8 Å². The maximum Gasteiger partial charge on any atom is 0.244 e. The Morgan fingerprint density at radius 1 is 1.32 bits per heavy atom. The molecule has 0 aliphatic carbocycles. The van der Waals surface area contributed by atoms with Gasteiger partial charge in [-0.1, -0.05) is 19.1 Å². The van der Waals surface area contributed by atoms with Crippen LogP contribution in [0.2, 0.25) is 0 Å². The van der Waals surface area contributed by atoms with Crippen LogP contribution in [0.3, 0.4) is 0 Å². The van der Waals surface area contributed by atoms with E-state index in [2.05, 4.69) is 22.3 Å². The molecule has 25 heavy (non-hydrogen) atoms. The molecule has 0 radical (unpaired) electrons. The number of hydrogen-bond donors (Lipinski definition) is 3. The zero-order chi connectivity index (χ0) is 17.8. The number of carbonyl (C=O) groups excluding carboxylic acids is 1. The minimum atomic E-state index is -4.09. The van der Waals surface area contributed by atoms with Gasteiger partial charge in [-0.2, -0.15) is 4.72 Å². The topological polar surface area (TPSA) is 87.3 Å². The standard InChI is InChI=1S/C16H24FN3O3S.ClH/c1-12(15(21)19-11-16(2)7-9-18-10-8-16)20-24(22,23)14-6-4-3-5-13(14)17;/h3-6,12,18,20H,7-11H2,1-2H3,(H,19,21);1H. The van der Waals surface area contributed by atoms with Gasteiger partial charge in [0, 0.05) is 6.54 Å². The van der Waals surface area contributed by atoms with Gasteiger partial charge in [-0.15, -0.1) is 12.4 Å². The summed E-state index contributed by atoms with van der Waals surface area (Å²) in [6, 6.07) is 4.08. The molecule has 1 unspecified atom stereocenters. The second-order valence-corrected chi connectivity index (χ2v) is 8.23. The number of sulfonamides is 1. The first-order chi connectivity index (χ1) is 11.2. The Bertz CT molecular complexity index is 694. The van der Waals surface area contributed by atoms with Crippen LogP contribution in [0.15, 0.2) is 29.2 Å². The Morgan fingerprint density at radius 3 is 2.52 bits per heavy atom. The fourth-order valence-corrected chi connectivity index (χ4v) is 3.96. The van der Waals surface area contributed by atoms with Crippen molar-refractivity contribution in [3.63, 3.8) is 0 Å². The summed E-state index contributed by atoms with van der Waals surface area (Å²) >= 11 is 0. The molecule has 1 aromatic carbocycles. The molecule has 0 aromatic heterocycles. The van der Waals surface area contributed by atoms with Crippen LogP contribution in [0.4, 0.5) is 4.39 Å². The Balaban J connectivity index is 0.00000312. The number of benzene rings is 1. The number of carbonyl (C=O) groups is 1. The van der Waals surface area contributed by atoms with Crippen LogP contribution in [-0.2, 0) is 14.8 Å². The molecule has 1 aliphatic heterocycles. The highest BCUT2D eigenvalue weighted by Gasteiger charge is 2.29. The molecule has 1 aliphatic rings. The van der Waals surface area contributed by atoms with E-state index in [-0.39, 0.29) is 17.8 Å². The van der Waals surface area contributed by atoms with E-state index in [1.165, 1.54) is 25.1 Å². The van der Waals surface area contributed by atoms with Gasteiger partial charge < -0.3 is 10.6 Å². The fourth-order valence-electron chi connectivity index (χ4n) is 2.67. The van der Waals surface area contributed by atoms with E-state index >= 15 is 0 Å². The molecule has 3 N–H and O–H groups in total. The van der Waals surface area contributed by atoms with E-state index in [0.717, 1.165) is 32.0 Å². The molecule has 1 heterocycles. The molecule has 1 atom stereocenters. The minimum Gasteiger partial charge on any atom is -0.354 e.